The van der Waals surface area contributed by atoms with Crippen LogP contribution in [-0.2, 0) is 0 Å². The molecule has 3 rings (SSSR count). The van der Waals surface area contributed by atoms with E-state index >= 15 is 0 Å². The van der Waals surface area contributed by atoms with Crippen molar-refractivity contribution < 1.29 is 4.79 Å². The molecule has 0 aliphatic rings. The highest BCUT2D eigenvalue weighted by Crippen LogP contribution is 2.31. The number of para-hydroxylation sites is 1. The second-order valence-electron chi connectivity index (χ2n) is 5.23. The number of carbonyl (C=O) groups excluding carboxylic acids is 1. The zero-order valence-corrected chi connectivity index (χ0v) is 14.8. The normalized spacial score (nSPS) is 10.4. The molecule has 0 bridgehead atoms. The average Bonchev–Trinajstić information content (AvgIpc) is 2.59. The van der Waals surface area contributed by atoms with Crippen LogP contribution in [-0.4, -0.2) is 15.9 Å². The third-order valence-corrected chi connectivity index (χ3v) is 4.14. The van der Waals surface area contributed by atoms with E-state index in [1.54, 1.807) is 43.3 Å². The molecule has 7 heteroatoms. The molecule has 0 fully saturated rings. The van der Waals surface area contributed by atoms with Crippen molar-refractivity contribution in [1.82, 2.24) is 9.97 Å². The first-order valence-electron chi connectivity index (χ1n) is 7.46. The van der Waals surface area contributed by atoms with Crippen molar-refractivity contribution in [2.24, 2.45) is 0 Å². The number of rotatable bonds is 4. The molecule has 0 spiro atoms. The Morgan fingerprint density at radius 3 is 2.52 bits per heavy atom. The summed E-state index contributed by atoms with van der Waals surface area (Å²) >= 11 is 12.2. The van der Waals surface area contributed by atoms with Crippen LogP contribution >= 0.6 is 23.2 Å². The van der Waals surface area contributed by atoms with Gasteiger partial charge in [0.25, 0.3) is 5.91 Å². The molecule has 0 radical (unpaired) electrons. The van der Waals surface area contributed by atoms with E-state index in [0.717, 1.165) is 0 Å². The van der Waals surface area contributed by atoms with Gasteiger partial charge in [0.05, 0.1) is 15.7 Å². The van der Waals surface area contributed by atoms with Gasteiger partial charge in [0.1, 0.15) is 17.3 Å². The number of carbonyl (C=O) groups is 1. The van der Waals surface area contributed by atoms with Crippen LogP contribution in [0.2, 0.25) is 10.0 Å². The highest BCUT2D eigenvalue weighted by atomic mass is 35.5. The summed E-state index contributed by atoms with van der Waals surface area (Å²) in [4.78, 5) is 20.9. The lowest BCUT2D eigenvalue weighted by Gasteiger charge is -2.11. The molecule has 25 heavy (non-hydrogen) atoms. The number of aryl methyl sites for hydroxylation is 1. The van der Waals surface area contributed by atoms with E-state index in [2.05, 4.69) is 20.6 Å². The minimum atomic E-state index is -0.322. The van der Waals surface area contributed by atoms with Crippen LogP contribution in [0.25, 0.3) is 0 Å². The smallest absolute Gasteiger partial charge is 0.274 e. The molecular formula is C18H14Cl2N4O. The Kier molecular flexibility index (Phi) is 5.16. The highest BCUT2D eigenvalue weighted by Gasteiger charge is 2.12. The fourth-order valence-corrected chi connectivity index (χ4v) is 2.55. The minimum Gasteiger partial charge on any atom is -0.339 e. The standard InChI is InChI=1S/C18H14Cl2N4O/c1-11-21-15(18(25)23-12-6-3-2-4-7-12)10-16(22-11)24-14-9-5-8-13(19)17(14)20/h2-10H,1H3,(H,23,25)(H,21,22,24). The van der Waals surface area contributed by atoms with Crippen molar-refractivity contribution in [1.29, 1.82) is 0 Å². The Labute approximate surface area is 155 Å². The van der Waals surface area contributed by atoms with E-state index in [4.69, 9.17) is 23.2 Å². The molecule has 5 nitrogen and oxygen atoms in total. The predicted octanol–water partition coefficient (Wildman–Crippen LogP) is 5.09. The van der Waals surface area contributed by atoms with E-state index < -0.39 is 0 Å². The maximum Gasteiger partial charge on any atom is 0.274 e. The quantitative estimate of drug-likeness (QED) is 0.669. The van der Waals surface area contributed by atoms with E-state index in [0.29, 0.717) is 33.1 Å². The monoisotopic (exact) mass is 372 g/mol. The Hall–Kier alpha value is -2.63. The lowest BCUT2D eigenvalue weighted by molar-refractivity contribution is 0.102. The minimum absolute atomic E-state index is 0.247. The van der Waals surface area contributed by atoms with Gasteiger partial charge in [-0.25, -0.2) is 9.97 Å². The molecule has 0 aliphatic carbocycles. The zero-order valence-electron chi connectivity index (χ0n) is 13.3. The second kappa shape index (κ2) is 7.51. The second-order valence-corrected chi connectivity index (χ2v) is 6.02. The number of hydrogen-bond acceptors (Lipinski definition) is 4. The number of nitrogens with zero attached hydrogens (tertiary/aromatic N) is 2. The molecule has 126 valence electrons. The molecule has 1 aromatic heterocycles. The van der Waals surface area contributed by atoms with E-state index in [9.17, 15) is 4.79 Å². The number of aromatic nitrogens is 2. The first kappa shape index (κ1) is 17.2. The molecule has 0 unspecified atom stereocenters. The Bertz CT molecular complexity index is 916. The summed E-state index contributed by atoms with van der Waals surface area (Å²) in [6.45, 7) is 1.71. The molecule has 3 aromatic rings. The molecular weight excluding hydrogens is 359 g/mol. The summed E-state index contributed by atoms with van der Waals surface area (Å²) in [6, 6.07) is 16.0. The fraction of sp³-hybridized carbons (Fsp3) is 0.0556. The summed E-state index contributed by atoms with van der Waals surface area (Å²) in [7, 11) is 0. The van der Waals surface area contributed by atoms with E-state index in [1.807, 2.05) is 18.2 Å². The van der Waals surface area contributed by atoms with Gasteiger partial charge in [-0.1, -0.05) is 47.5 Å². The maximum atomic E-state index is 12.4. The SMILES string of the molecule is Cc1nc(Nc2cccc(Cl)c2Cl)cc(C(=O)Nc2ccccc2)n1. The lowest BCUT2D eigenvalue weighted by atomic mass is 10.3. The van der Waals surface area contributed by atoms with Crippen LogP contribution in [0.4, 0.5) is 17.2 Å². The molecule has 2 N–H and O–H groups in total. The summed E-state index contributed by atoms with van der Waals surface area (Å²) in [5, 5.41) is 6.67. The van der Waals surface area contributed by atoms with Crippen molar-refractivity contribution in [3.05, 3.63) is 76.2 Å². The summed E-state index contributed by atoms with van der Waals surface area (Å²) < 4.78 is 0. The maximum absolute atomic E-state index is 12.4. The van der Waals surface area contributed by atoms with Gasteiger partial charge in [0.2, 0.25) is 0 Å². The van der Waals surface area contributed by atoms with Gasteiger partial charge in [-0.15, -0.1) is 0 Å². The van der Waals surface area contributed by atoms with Crippen LogP contribution in [0, 0.1) is 6.92 Å². The van der Waals surface area contributed by atoms with Crippen LogP contribution in [0.1, 0.15) is 16.3 Å². The first-order valence-corrected chi connectivity index (χ1v) is 8.21. The largest absolute Gasteiger partial charge is 0.339 e. The molecule has 1 amide bonds. The van der Waals surface area contributed by atoms with Gasteiger partial charge in [-0.2, -0.15) is 0 Å². The summed E-state index contributed by atoms with van der Waals surface area (Å²) in [5.41, 5.74) is 1.54. The predicted molar refractivity (Wildman–Crippen MR) is 101 cm³/mol. The van der Waals surface area contributed by atoms with Crippen molar-refractivity contribution in [3.63, 3.8) is 0 Å². The van der Waals surface area contributed by atoms with Crippen LogP contribution in [0.3, 0.4) is 0 Å². The number of benzene rings is 2. The van der Waals surface area contributed by atoms with Crippen molar-refractivity contribution in [2.75, 3.05) is 10.6 Å². The molecule has 0 atom stereocenters. The molecule has 0 saturated heterocycles. The topological polar surface area (TPSA) is 66.9 Å². The third-order valence-electron chi connectivity index (χ3n) is 3.32. The zero-order chi connectivity index (χ0) is 17.8. The number of nitrogens with one attached hydrogen (secondary N) is 2. The van der Waals surface area contributed by atoms with Gasteiger partial charge in [0.15, 0.2) is 0 Å². The number of amides is 1. The molecule has 0 aliphatic heterocycles. The van der Waals surface area contributed by atoms with Crippen LogP contribution in [0.5, 0.6) is 0 Å². The fourth-order valence-electron chi connectivity index (χ4n) is 2.20. The van der Waals surface area contributed by atoms with Gasteiger partial charge in [-0.05, 0) is 31.2 Å². The Balaban J connectivity index is 1.85. The van der Waals surface area contributed by atoms with Gasteiger partial charge in [-0.3, -0.25) is 4.79 Å². The summed E-state index contributed by atoms with van der Waals surface area (Å²) in [5.74, 6) is 0.591. The number of anilines is 3. The van der Waals surface area contributed by atoms with Crippen LogP contribution < -0.4 is 10.6 Å². The van der Waals surface area contributed by atoms with Gasteiger partial charge < -0.3 is 10.6 Å². The number of halogens is 2. The van der Waals surface area contributed by atoms with Crippen molar-refractivity contribution in [3.8, 4) is 0 Å². The average molecular weight is 373 g/mol. The first-order chi connectivity index (χ1) is 12.0. The van der Waals surface area contributed by atoms with Crippen LogP contribution in [0.15, 0.2) is 54.6 Å². The molecule has 1 heterocycles. The molecule has 0 saturated carbocycles. The summed E-state index contributed by atoms with van der Waals surface area (Å²) in [6.07, 6.45) is 0. The number of hydrogen-bond donors (Lipinski definition) is 2. The van der Waals surface area contributed by atoms with Crippen molar-refractivity contribution in [2.45, 2.75) is 6.92 Å². The third kappa shape index (κ3) is 4.26. The van der Waals surface area contributed by atoms with E-state index in [-0.39, 0.29) is 11.6 Å². The van der Waals surface area contributed by atoms with Crippen molar-refractivity contribution >= 4 is 46.3 Å². The highest BCUT2D eigenvalue weighted by molar-refractivity contribution is 6.43. The van der Waals surface area contributed by atoms with Gasteiger partial charge >= 0.3 is 0 Å². The Morgan fingerprint density at radius 1 is 1.00 bits per heavy atom. The molecule has 2 aromatic carbocycles. The van der Waals surface area contributed by atoms with E-state index in [1.165, 1.54) is 0 Å². The Morgan fingerprint density at radius 2 is 1.76 bits per heavy atom. The lowest BCUT2D eigenvalue weighted by Crippen LogP contribution is -2.15. The van der Waals surface area contributed by atoms with Gasteiger partial charge in [0, 0.05) is 11.8 Å².